The molecule has 0 saturated heterocycles. The molecule has 0 rings (SSSR count). The van der Waals surface area contributed by atoms with Gasteiger partial charge in [-0.1, -0.05) is 0 Å². The molecule has 0 aromatic carbocycles. The first kappa shape index (κ1) is 14.1. The van der Waals surface area contributed by atoms with Crippen LogP contribution in [-0.2, 0) is 9.47 Å². The summed E-state index contributed by atoms with van der Waals surface area (Å²) >= 11 is 0. The molecule has 0 N–H and O–H groups in total. The first-order valence-electron chi connectivity index (χ1n) is 5.46. The van der Waals surface area contributed by atoms with Gasteiger partial charge in [-0.3, -0.25) is 0 Å². The molecule has 0 spiro atoms. The molecule has 0 saturated carbocycles. The third-order valence-electron chi connectivity index (χ3n) is 2.14. The molecular formula is C10H25NO2Si. The van der Waals surface area contributed by atoms with Crippen LogP contribution < -0.4 is 0 Å². The summed E-state index contributed by atoms with van der Waals surface area (Å²) in [6.45, 7) is 6.64. The normalized spacial score (nSPS) is 12.6. The van der Waals surface area contributed by atoms with E-state index in [9.17, 15) is 0 Å². The third-order valence-corrected chi connectivity index (χ3v) is 3.21. The second-order valence-electron chi connectivity index (χ2n) is 3.91. The van der Waals surface area contributed by atoms with Gasteiger partial charge in [-0.05, 0) is 47.3 Å². The Kier molecular flexibility index (Phi) is 7.45. The van der Waals surface area contributed by atoms with Gasteiger partial charge in [0.1, 0.15) is 5.41 Å². The van der Waals surface area contributed by atoms with Gasteiger partial charge in [-0.2, -0.15) is 0 Å². The highest BCUT2D eigenvalue weighted by atomic mass is 28.1. The van der Waals surface area contributed by atoms with Crippen LogP contribution in [0.2, 0.25) is 0 Å². The van der Waals surface area contributed by atoms with E-state index in [1.165, 1.54) is 0 Å². The molecule has 86 valence electrons. The van der Waals surface area contributed by atoms with Crippen LogP contribution in [0.15, 0.2) is 0 Å². The Morgan fingerprint density at radius 1 is 1.14 bits per heavy atom. The molecule has 0 aromatic heterocycles. The third kappa shape index (κ3) is 6.54. The van der Waals surface area contributed by atoms with E-state index in [-0.39, 0.29) is 5.41 Å². The highest BCUT2D eigenvalue weighted by Gasteiger charge is 2.23. The molecule has 0 aliphatic rings. The predicted octanol–water partition coefficient (Wildman–Crippen LogP) is 0.420. The van der Waals surface area contributed by atoms with Crippen molar-refractivity contribution in [3.63, 3.8) is 0 Å². The van der Waals surface area contributed by atoms with E-state index in [4.69, 9.17) is 9.47 Å². The summed E-state index contributed by atoms with van der Waals surface area (Å²) in [5.41, 5.74) is -0.250. The molecule has 4 heteroatoms. The van der Waals surface area contributed by atoms with Crippen molar-refractivity contribution < 1.29 is 9.47 Å². The maximum atomic E-state index is 5.67. The minimum atomic E-state index is -0.250. The van der Waals surface area contributed by atoms with Gasteiger partial charge in [-0.15, -0.1) is 0 Å². The Morgan fingerprint density at radius 2 is 1.64 bits per heavy atom. The molecule has 0 bridgehead atoms. The van der Waals surface area contributed by atoms with Crippen LogP contribution in [0.5, 0.6) is 0 Å². The minimum absolute atomic E-state index is 0.250. The molecule has 0 amide bonds. The van der Waals surface area contributed by atoms with Crippen molar-refractivity contribution in [2.45, 2.75) is 32.1 Å². The molecule has 0 aromatic rings. The fraction of sp³-hybridized carbons (Fsp3) is 1.00. The van der Waals surface area contributed by atoms with E-state index in [1.54, 1.807) is 0 Å². The van der Waals surface area contributed by atoms with Crippen molar-refractivity contribution in [1.29, 1.82) is 0 Å². The summed E-state index contributed by atoms with van der Waals surface area (Å²) < 4.78 is 11.3. The van der Waals surface area contributed by atoms with E-state index >= 15 is 0 Å². The standard InChI is InChI=1S/C10H25NO2Si/c1-5-12-10(14,13-6-2)8-7-9-11(3)4/h5-9H2,1-4,14H3. The van der Waals surface area contributed by atoms with Crippen molar-refractivity contribution in [2.75, 3.05) is 33.9 Å². The van der Waals surface area contributed by atoms with Crippen LogP contribution in [0.1, 0.15) is 26.7 Å². The van der Waals surface area contributed by atoms with Gasteiger partial charge in [-0.25, -0.2) is 0 Å². The average Bonchev–Trinajstić information content (AvgIpc) is 2.03. The van der Waals surface area contributed by atoms with Crippen LogP contribution in [0.25, 0.3) is 0 Å². The van der Waals surface area contributed by atoms with E-state index < -0.39 is 0 Å². The lowest BCUT2D eigenvalue weighted by Gasteiger charge is -2.30. The van der Waals surface area contributed by atoms with Crippen molar-refractivity contribution >= 4 is 10.2 Å². The van der Waals surface area contributed by atoms with Crippen molar-refractivity contribution in [2.24, 2.45) is 0 Å². The van der Waals surface area contributed by atoms with Crippen LogP contribution >= 0.6 is 0 Å². The summed E-state index contributed by atoms with van der Waals surface area (Å²) in [6.07, 6.45) is 2.15. The Labute approximate surface area is 91.2 Å². The summed E-state index contributed by atoms with van der Waals surface area (Å²) in [6, 6.07) is 0. The molecule has 0 atom stereocenters. The van der Waals surface area contributed by atoms with Crippen LogP contribution in [0.4, 0.5) is 0 Å². The average molecular weight is 219 g/mol. The first-order valence-corrected chi connectivity index (χ1v) is 6.46. The van der Waals surface area contributed by atoms with Gasteiger partial charge < -0.3 is 14.4 Å². The molecule has 0 aliphatic heterocycles. The van der Waals surface area contributed by atoms with Crippen molar-refractivity contribution in [3.05, 3.63) is 0 Å². The fourth-order valence-corrected chi connectivity index (χ4v) is 2.44. The van der Waals surface area contributed by atoms with E-state index in [0.717, 1.165) is 42.8 Å². The zero-order valence-corrected chi connectivity index (χ0v) is 12.3. The molecule has 0 heterocycles. The largest absolute Gasteiger partial charge is 0.355 e. The van der Waals surface area contributed by atoms with Crippen LogP contribution in [0.3, 0.4) is 0 Å². The molecule has 0 radical (unpaired) electrons. The van der Waals surface area contributed by atoms with E-state index in [1.807, 2.05) is 13.8 Å². The maximum Gasteiger partial charge on any atom is 0.141 e. The Hall–Kier alpha value is 0.0969. The van der Waals surface area contributed by atoms with Crippen LogP contribution in [-0.4, -0.2) is 54.4 Å². The van der Waals surface area contributed by atoms with Gasteiger partial charge in [0.15, 0.2) is 0 Å². The summed E-state index contributed by atoms with van der Waals surface area (Å²) in [5.74, 6) is 0. The quantitative estimate of drug-likeness (QED) is 0.436. The number of hydrogen-bond acceptors (Lipinski definition) is 3. The molecule has 0 aliphatic carbocycles. The molecule has 0 fully saturated rings. The van der Waals surface area contributed by atoms with E-state index in [2.05, 4.69) is 19.0 Å². The zero-order chi connectivity index (χ0) is 11.0. The number of hydrogen-bond donors (Lipinski definition) is 0. The molecule has 3 nitrogen and oxygen atoms in total. The highest BCUT2D eigenvalue weighted by molar-refractivity contribution is 6.13. The smallest absolute Gasteiger partial charge is 0.141 e. The topological polar surface area (TPSA) is 21.7 Å². The molecular weight excluding hydrogens is 194 g/mol. The Morgan fingerprint density at radius 3 is 2.00 bits per heavy atom. The fourth-order valence-electron chi connectivity index (χ4n) is 1.51. The second kappa shape index (κ2) is 7.40. The summed E-state index contributed by atoms with van der Waals surface area (Å²) in [5, 5.41) is 0. The van der Waals surface area contributed by atoms with Crippen molar-refractivity contribution in [1.82, 2.24) is 4.90 Å². The van der Waals surface area contributed by atoms with E-state index in [0.29, 0.717) is 0 Å². The first-order chi connectivity index (χ1) is 6.54. The van der Waals surface area contributed by atoms with Crippen molar-refractivity contribution in [3.8, 4) is 0 Å². The number of ether oxygens (including phenoxy) is 2. The van der Waals surface area contributed by atoms with Gasteiger partial charge in [0.05, 0.1) is 10.2 Å². The molecule has 14 heavy (non-hydrogen) atoms. The Bertz CT molecular complexity index is 136. The number of rotatable bonds is 8. The summed E-state index contributed by atoms with van der Waals surface area (Å²) in [4.78, 5) is 2.19. The number of nitrogens with zero attached hydrogens (tertiary/aromatic N) is 1. The van der Waals surface area contributed by atoms with Gasteiger partial charge in [0.2, 0.25) is 0 Å². The molecule has 0 unspecified atom stereocenters. The van der Waals surface area contributed by atoms with Crippen LogP contribution in [0, 0.1) is 0 Å². The highest BCUT2D eigenvalue weighted by Crippen LogP contribution is 2.16. The van der Waals surface area contributed by atoms with Gasteiger partial charge in [0.25, 0.3) is 0 Å². The SMILES string of the molecule is CCOC([SiH3])(CCCN(C)C)OCC. The van der Waals surface area contributed by atoms with Gasteiger partial charge in [0, 0.05) is 13.2 Å². The minimum Gasteiger partial charge on any atom is -0.355 e. The maximum absolute atomic E-state index is 5.67. The predicted molar refractivity (Wildman–Crippen MR) is 63.7 cm³/mol. The lowest BCUT2D eigenvalue weighted by Crippen LogP contribution is -2.37. The lowest BCUT2D eigenvalue weighted by atomic mass is 10.3. The summed E-state index contributed by atoms with van der Waals surface area (Å²) in [7, 11) is 5.12. The zero-order valence-electron chi connectivity index (χ0n) is 10.3. The second-order valence-corrected chi connectivity index (χ2v) is 5.43. The lowest BCUT2D eigenvalue weighted by molar-refractivity contribution is -0.177. The Balaban J connectivity index is 3.83. The van der Waals surface area contributed by atoms with Gasteiger partial charge >= 0.3 is 0 Å². The monoisotopic (exact) mass is 219 g/mol.